The second-order valence-corrected chi connectivity index (χ2v) is 10.2. The minimum Gasteiger partial charge on any atom is -0.371 e. The van der Waals surface area contributed by atoms with Crippen molar-refractivity contribution in [1.29, 1.82) is 0 Å². The highest BCUT2D eigenvalue weighted by Crippen LogP contribution is 2.32. The van der Waals surface area contributed by atoms with Crippen LogP contribution >= 0.6 is 11.6 Å². The number of nitrogens with one attached hydrogen (secondary N) is 1. The van der Waals surface area contributed by atoms with Crippen LogP contribution in [0, 0.1) is 24.7 Å². The summed E-state index contributed by atoms with van der Waals surface area (Å²) in [6, 6.07) is 3.72. The highest BCUT2D eigenvalue weighted by molar-refractivity contribution is 6.31. The van der Waals surface area contributed by atoms with Crippen LogP contribution in [0.3, 0.4) is 0 Å². The van der Waals surface area contributed by atoms with Gasteiger partial charge in [-0.2, -0.15) is 0 Å². The summed E-state index contributed by atoms with van der Waals surface area (Å²) in [5, 5.41) is 4.85. The Morgan fingerprint density at radius 1 is 1.25 bits per heavy atom. The predicted molar refractivity (Wildman–Crippen MR) is 131 cm³/mol. The molecule has 2 amide bonds. The molecule has 3 unspecified atom stereocenters. The average molecular weight is 463 g/mol. The van der Waals surface area contributed by atoms with Gasteiger partial charge in [0.05, 0.1) is 5.92 Å². The molecule has 0 radical (unpaired) electrons. The van der Waals surface area contributed by atoms with Crippen molar-refractivity contribution in [1.82, 2.24) is 10.3 Å². The molecule has 3 atom stereocenters. The average Bonchev–Trinajstić information content (AvgIpc) is 2.77. The molecule has 0 aromatic heterocycles. The summed E-state index contributed by atoms with van der Waals surface area (Å²) >= 11 is 6.46. The van der Waals surface area contributed by atoms with E-state index in [1.807, 2.05) is 26.8 Å². The Balaban J connectivity index is 1.73. The van der Waals surface area contributed by atoms with Gasteiger partial charge in [0.1, 0.15) is 0 Å². The predicted octanol–water partition coefficient (Wildman–Crippen LogP) is 4.53. The lowest BCUT2D eigenvalue weighted by molar-refractivity contribution is -0.144. The van der Waals surface area contributed by atoms with E-state index in [1.165, 1.54) is 37.1 Å². The molecule has 1 aromatic rings. The fourth-order valence-electron chi connectivity index (χ4n) is 5.36. The number of hydrogen-bond acceptors (Lipinski definition) is 4. The molecule has 1 heterocycles. The Morgan fingerprint density at radius 3 is 2.59 bits per heavy atom. The lowest BCUT2D eigenvalue weighted by Crippen LogP contribution is -2.55. The highest BCUT2D eigenvalue weighted by Gasteiger charge is 2.37. The first-order chi connectivity index (χ1) is 15.2. The molecule has 1 aliphatic carbocycles. The number of carbonyl (C=O) groups is 2. The van der Waals surface area contributed by atoms with Crippen LogP contribution in [0.5, 0.6) is 0 Å². The van der Waals surface area contributed by atoms with Gasteiger partial charge in [0.25, 0.3) is 5.91 Å². The monoisotopic (exact) mass is 462 g/mol. The second-order valence-electron chi connectivity index (χ2n) is 9.76. The molecule has 0 bridgehead atoms. The third kappa shape index (κ3) is 5.57. The van der Waals surface area contributed by atoms with Crippen molar-refractivity contribution in [2.24, 2.45) is 23.6 Å². The zero-order chi connectivity index (χ0) is 23.4. The summed E-state index contributed by atoms with van der Waals surface area (Å²) in [6.45, 7) is 10.3. The molecule has 1 aliphatic heterocycles. The van der Waals surface area contributed by atoms with Gasteiger partial charge in [0.15, 0.2) is 0 Å². The van der Waals surface area contributed by atoms with Crippen molar-refractivity contribution in [3.05, 3.63) is 28.3 Å². The summed E-state index contributed by atoms with van der Waals surface area (Å²) in [5.41, 5.74) is 2.53. The lowest BCUT2D eigenvalue weighted by Gasteiger charge is -2.38. The number of hydrogen-bond donors (Lipinski definition) is 2. The molecule has 1 saturated carbocycles. The Bertz CT molecular complexity index is 824. The van der Waals surface area contributed by atoms with E-state index in [9.17, 15) is 9.59 Å². The fourth-order valence-corrected chi connectivity index (χ4v) is 5.57. The first-order valence-corrected chi connectivity index (χ1v) is 12.5. The van der Waals surface area contributed by atoms with Crippen molar-refractivity contribution in [3.8, 4) is 0 Å². The molecule has 1 aromatic carbocycles. The van der Waals surface area contributed by atoms with Crippen LogP contribution in [0.1, 0.15) is 75.2 Å². The van der Waals surface area contributed by atoms with Gasteiger partial charge in [-0.05, 0) is 69.6 Å². The van der Waals surface area contributed by atoms with Gasteiger partial charge >= 0.3 is 0 Å². The van der Waals surface area contributed by atoms with Crippen LogP contribution in [0.2, 0.25) is 5.02 Å². The molecule has 3 N–H and O–H groups in total. The van der Waals surface area contributed by atoms with E-state index in [0.29, 0.717) is 16.5 Å². The number of nitrogens with two attached hydrogens (primary N) is 1. The van der Waals surface area contributed by atoms with Crippen LogP contribution in [-0.2, 0) is 4.79 Å². The van der Waals surface area contributed by atoms with Crippen molar-refractivity contribution >= 4 is 29.1 Å². The normalized spacial score (nSPS) is 24.5. The minimum atomic E-state index is -0.308. The van der Waals surface area contributed by atoms with E-state index in [-0.39, 0.29) is 36.2 Å². The highest BCUT2D eigenvalue weighted by atomic mass is 35.5. The van der Waals surface area contributed by atoms with Gasteiger partial charge < -0.3 is 10.2 Å². The van der Waals surface area contributed by atoms with Crippen molar-refractivity contribution in [2.75, 3.05) is 24.5 Å². The van der Waals surface area contributed by atoms with Crippen molar-refractivity contribution in [3.63, 3.8) is 0 Å². The van der Waals surface area contributed by atoms with Gasteiger partial charge in [-0.1, -0.05) is 37.8 Å². The first kappa shape index (κ1) is 24.8. The number of carbonyl (C=O) groups excluding carboxylic acids is 2. The SMILES string of the molecule is CCN(CC1CCCCC1)c1cc(Cl)cc(C(=O)NCC2C(=O)N(N)C(C)CC2C)c1C. The lowest BCUT2D eigenvalue weighted by atomic mass is 9.83. The van der Waals surface area contributed by atoms with Crippen LogP contribution in [0.25, 0.3) is 0 Å². The molecule has 7 heteroatoms. The van der Waals surface area contributed by atoms with E-state index in [0.717, 1.165) is 30.8 Å². The van der Waals surface area contributed by atoms with E-state index >= 15 is 0 Å². The Hall–Kier alpha value is -1.79. The molecule has 0 spiro atoms. The topological polar surface area (TPSA) is 78.7 Å². The number of amides is 2. The van der Waals surface area contributed by atoms with E-state index in [2.05, 4.69) is 17.1 Å². The number of halogens is 1. The van der Waals surface area contributed by atoms with Crippen molar-refractivity contribution < 1.29 is 9.59 Å². The summed E-state index contributed by atoms with van der Waals surface area (Å²) < 4.78 is 0. The maximum Gasteiger partial charge on any atom is 0.251 e. The van der Waals surface area contributed by atoms with Crippen LogP contribution < -0.4 is 16.1 Å². The molecular formula is C25H39ClN4O2. The summed E-state index contributed by atoms with van der Waals surface area (Å²) in [6.07, 6.45) is 7.33. The molecule has 2 aliphatic rings. The standard InChI is InChI=1S/C25H39ClN4O2/c1-5-29(15-19-9-7-6-8-10-19)23-13-20(26)12-21(18(23)4)24(31)28-14-22-16(2)11-17(3)30(27)25(22)32/h12-13,16-17,19,22H,5-11,14-15,27H2,1-4H3,(H,28,31). The Morgan fingerprint density at radius 2 is 1.94 bits per heavy atom. The third-order valence-corrected chi connectivity index (χ3v) is 7.66. The number of nitrogens with zero attached hydrogens (tertiary/aromatic N) is 2. The Kier molecular flexibility index (Phi) is 8.45. The smallest absolute Gasteiger partial charge is 0.251 e. The fraction of sp³-hybridized carbons (Fsp3) is 0.680. The van der Waals surface area contributed by atoms with E-state index < -0.39 is 0 Å². The zero-order valence-corrected chi connectivity index (χ0v) is 20.8. The molecule has 6 nitrogen and oxygen atoms in total. The van der Waals surface area contributed by atoms with Gasteiger partial charge in [0.2, 0.25) is 5.91 Å². The first-order valence-electron chi connectivity index (χ1n) is 12.1. The van der Waals surface area contributed by atoms with E-state index in [1.54, 1.807) is 6.07 Å². The minimum absolute atomic E-state index is 0.0198. The largest absolute Gasteiger partial charge is 0.371 e. The molecule has 32 heavy (non-hydrogen) atoms. The molecule has 178 valence electrons. The van der Waals surface area contributed by atoms with Crippen LogP contribution in [-0.4, -0.2) is 42.5 Å². The maximum atomic E-state index is 13.1. The zero-order valence-electron chi connectivity index (χ0n) is 20.0. The number of rotatable bonds is 7. The van der Waals surface area contributed by atoms with Gasteiger partial charge in [-0.15, -0.1) is 0 Å². The van der Waals surface area contributed by atoms with Crippen LogP contribution in [0.4, 0.5) is 5.69 Å². The number of benzene rings is 1. The van der Waals surface area contributed by atoms with Gasteiger partial charge in [-0.25, -0.2) is 5.84 Å². The molecule has 3 rings (SSSR count). The maximum absolute atomic E-state index is 13.1. The summed E-state index contributed by atoms with van der Waals surface area (Å²) in [4.78, 5) is 28.1. The van der Waals surface area contributed by atoms with E-state index in [4.69, 9.17) is 17.4 Å². The van der Waals surface area contributed by atoms with Gasteiger partial charge in [0, 0.05) is 41.9 Å². The quantitative estimate of drug-likeness (QED) is 0.460. The summed E-state index contributed by atoms with van der Waals surface area (Å²) in [5.74, 6) is 6.18. The second kappa shape index (κ2) is 10.9. The van der Waals surface area contributed by atoms with Crippen molar-refractivity contribution in [2.45, 2.75) is 72.3 Å². The number of anilines is 1. The molecular weight excluding hydrogens is 424 g/mol. The summed E-state index contributed by atoms with van der Waals surface area (Å²) in [7, 11) is 0. The Labute approximate surface area is 197 Å². The molecule has 2 fully saturated rings. The van der Waals surface area contributed by atoms with Crippen LogP contribution in [0.15, 0.2) is 12.1 Å². The number of piperidine rings is 1. The third-order valence-electron chi connectivity index (χ3n) is 7.44. The molecule has 1 saturated heterocycles. The van der Waals surface area contributed by atoms with Gasteiger partial charge in [-0.3, -0.25) is 14.6 Å². The number of hydrazine groups is 1.